The van der Waals surface area contributed by atoms with E-state index in [4.69, 9.17) is 16.3 Å². The summed E-state index contributed by atoms with van der Waals surface area (Å²) in [6.45, 7) is 6.40. The van der Waals surface area contributed by atoms with Crippen molar-refractivity contribution in [3.05, 3.63) is 28.8 Å². The lowest BCUT2D eigenvalue weighted by molar-refractivity contribution is 0.0244. The van der Waals surface area contributed by atoms with Crippen LogP contribution in [0, 0.1) is 12.8 Å². The Balaban J connectivity index is 1.80. The highest BCUT2D eigenvalue weighted by molar-refractivity contribution is 6.32. The van der Waals surface area contributed by atoms with Crippen molar-refractivity contribution < 1.29 is 14.9 Å². The van der Waals surface area contributed by atoms with Crippen LogP contribution in [-0.2, 0) is 0 Å². The van der Waals surface area contributed by atoms with E-state index in [0.29, 0.717) is 23.2 Å². The van der Waals surface area contributed by atoms with Crippen LogP contribution in [0.25, 0.3) is 0 Å². The largest absolute Gasteiger partial charge is 0.489 e. The van der Waals surface area contributed by atoms with Gasteiger partial charge >= 0.3 is 0 Å². The van der Waals surface area contributed by atoms with Gasteiger partial charge in [-0.25, -0.2) is 0 Å². The van der Waals surface area contributed by atoms with Gasteiger partial charge in [-0.1, -0.05) is 17.7 Å². The molecule has 2 rings (SSSR count). The SMILES string of the molecule is Cc1ccc(Cl)c(OC[C@H](O)CN2CCC[C@H]([C@H](C)O)C2)c1. The average Bonchev–Trinajstić information content (AvgIpc) is 2.48. The fraction of sp³-hybridized carbons (Fsp3) is 0.647. The number of aliphatic hydroxyl groups excluding tert-OH is 2. The zero-order valence-corrected chi connectivity index (χ0v) is 14.1. The second-order valence-electron chi connectivity index (χ2n) is 6.30. The third kappa shape index (κ3) is 5.13. The molecule has 1 saturated heterocycles. The number of ether oxygens (including phenoxy) is 1. The first-order valence-corrected chi connectivity index (χ1v) is 8.31. The highest BCUT2D eigenvalue weighted by Crippen LogP contribution is 2.25. The molecule has 1 aliphatic rings. The molecule has 0 aromatic heterocycles. The summed E-state index contributed by atoms with van der Waals surface area (Å²) in [4.78, 5) is 2.20. The first-order valence-electron chi connectivity index (χ1n) is 7.93. The predicted molar refractivity (Wildman–Crippen MR) is 88.5 cm³/mol. The Kier molecular flexibility index (Phi) is 6.50. The minimum absolute atomic E-state index is 0.221. The Bertz CT molecular complexity index is 481. The number of aryl methyl sites for hydroxylation is 1. The first-order chi connectivity index (χ1) is 10.5. The van der Waals surface area contributed by atoms with Gasteiger partial charge < -0.3 is 19.8 Å². The number of hydrogen-bond donors (Lipinski definition) is 2. The highest BCUT2D eigenvalue weighted by Gasteiger charge is 2.24. The fourth-order valence-corrected chi connectivity index (χ4v) is 3.08. The molecule has 2 N–H and O–H groups in total. The van der Waals surface area contributed by atoms with E-state index in [1.807, 2.05) is 26.0 Å². The van der Waals surface area contributed by atoms with Crippen LogP contribution in [0.1, 0.15) is 25.3 Å². The summed E-state index contributed by atoms with van der Waals surface area (Å²) in [6.07, 6.45) is 1.26. The molecular formula is C17H26ClNO3. The van der Waals surface area contributed by atoms with E-state index < -0.39 is 6.10 Å². The standard InChI is InChI=1S/C17H26ClNO3/c1-12-5-6-16(18)17(8-12)22-11-15(21)10-19-7-3-4-14(9-19)13(2)20/h5-6,8,13-15,20-21H,3-4,7,9-11H2,1-2H3/t13-,14-,15+/m0/s1. The van der Waals surface area contributed by atoms with Crippen LogP contribution in [-0.4, -0.2) is 53.6 Å². The van der Waals surface area contributed by atoms with Crippen molar-refractivity contribution in [2.75, 3.05) is 26.2 Å². The third-order valence-corrected chi connectivity index (χ3v) is 4.52. The van der Waals surface area contributed by atoms with Crippen LogP contribution in [0.2, 0.25) is 5.02 Å². The van der Waals surface area contributed by atoms with E-state index in [2.05, 4.69) is 4.90 Å². The lowest BCUT2D eigenvalue weighted by Gasteiger charge is -2.35. The molecule has 0 saturated carbocycles. The van der Waals surface area contributed by atoms with Crippen molar-refractivity contribution in [1.29, 1.82) is 0 Å². The van der Waals surface area contributed by atoms with Gasteiger partial charge in [-0.05, 0) is 56.8 Å². The number of likely N-dealkylation sites (tertiary alicyclic amines) is 1. The predicted octanol–water partition coefficient (Wildman–Crippen LogP) is 2.48. The Hall–Kier alpha value is -0.810. The highest BCUT2D eigenvalue weighted by atomic mass is 35.5. The molecule has 5 heteroatoms. The Morgan fingerprint density at radius 2 is 2.18 bits per heavy atom. The number of benzene rings is 1. The van der Waals surface area contributed by atoms with Crippen molar-refractivity contribution in [1.82, 2.24) is 4.90 Å². The lowest BCUT2D eigenvalue weighted by Crippen LogP contribution is -2.44. The van der Waals surface area contributed by atoms with Crippen molar-refractivity contribution >= 4 is 11.6 Å². The molecule has 124 valence electrons. The van der Waals surface area contributed by atoms with Crippen molar-refractivity contribution in [2.24, 2.45) is 5.92 Å². The summed E-state index contributed by atoms with van der Waals surface area (Å²) in [5.74, 6) is 0.911. The Labute approximate surface area is 137 Å². The average molecular weight is 328 g/mol. The quantitative estimate of drug-likeness (QED) is 0.843. The maximum absolute atomic E-state index is 10.2. The van der Waals surface area contributed by atoms with Crippen molar-refractivity contribution in [2.45, 2.75) is 38.9 Å². The van der Waals surface area contributed by atoms with E-state index in [0.717, 1.165) is 31.5 Å². The Morgan fingerprint density at radius 3 is 2.91 bits per heavy atom. The van der Waals surface area contributed by atoms with Crippen molar-refractivity contribution in [3.63, 3.8) is 0 Å². The maximum atomic E-state index is 10.2. The first kappa shape index (κ1) is 17.5. The second kappa shape index (κ2) is 8.16. The molecule has 1 fully saturated rings. The minimum atomic E-state index is -0.565. The molecule has 3 atom stereocenters. The van der Waals surface area contributed by atoms with Gasteiger partial charge in [0.15, 0.2) is 0 Å². The van der Waals surface area contributed by atoms with E-state index in [1.54, 1.807) is 6.07 Å². The molecule has 0 aliphatic carbocycles. The molecule has 4 nitrogen and oxygen atoms in total. The molecule has 1 heterocycles. The van der Waals surface area contributed by atoms with Crippen LogP contribution in [0.5, 0.6) is 5.75 Å². The van der Waals surface area contributed by atoms with Crippen LogP contribution in [0.3, 0.4) is 0 Å². The maximum Gasteiger partial charge on any atom is 0.138 e. The third-order valence-electron chi connectivity index (χ3n) is 4.21. The second-order valence-corrected chi connectivity index (χ2v) is 6.71. The number of nitrogens with zero attached hydrogens (tertiary/aromatic N) is 1. The van der Waals surface area contributed by atoms with Gasteiger partial charge in [0.2, 0.25) is 0 Å². The molecule has 0 spiro atoms. The van der Waals surface area contributed by atoms with E-state index in [1.165, 1.54) is 0 Å². The monoisotopic (exact) mass is 327 g/mol. The normalized spacial score (nSPS) is 22.3. The number of hydrogen-bond acceptors (Lipinski definition) is 4. The van der Waals surface area contributed by atoms with E-state index >= 15 is 0 Å². The zero-order valence-electron chi connectivity index (χ0n) is 13.3. The van der Waals surface area contributed by atoms with Gasteiger partial charge in [0.1, 0.15) is 18.5 Å². The number of piperidine rings is 1. The summed E-state index contributed by atoms with van der Waals surface area (Å²) in [6, 6.07) is 5.60. The molecule has 1 aromatic carbocycles. The van der Waals surface area contributed by atoms with Crippen LogP contribution >= 0.6 is 11.6 Å². The molecular weight excluding hydrogens is 302 g/mol. The van der Waals surface area contributed by atoms with Crippen LogP contribution < -0.4 is 4.74 Å². The van der Waals surface area contributed by atoms with Crippen LogP contribution in [0.15, 0.2) is 18.2 Å². The molecule has 0 unspecified atom stereocenters. The van der Waals surface area contributed by atoms with Gasteiger partial charge in [0.05, 0.1) is 11.1 Å². The number of aliphatic hydroxyl groups is 2. The molecule has 0 radical (unpaired) electrons. The summed E-state index contributed by atoms with van der Waals surface area (Å²) in [5, 5.41) is 20.4. The molecule has 1 aliphatic heterocycles. The summed E-state index contributed by atoms with van der Waals surface area (Å²) in [7, 11) is 0. The van der Waals surface area contributed by atoms with Gasteiger partial charge in [-0.15, -0.1) is 0 Å². The topological polar surface area (TPSA) is 52.9 Å². The zero-order chi connectivity index (χ0) is 16.1. The minimum Gasteiger partial charge on any atom is -0.489 e. The molecule has 0 bridgehead atoms. The summed E-state index contributed by atoms with van der Waals surface area (Å²) in [5.41, 5.74) is 1.07. The summed E-state index contributed by atoms with van der Waals surface area (Å²) < 4.78 is 5.64. The van der Waals surface area contributed by atoms with Gasteiger partial charge in [-0.2, -0.15) is 0 Å². The number of β-amino-alcohol motifs (C(OH)–C–C–N with tert-alkyl or cyclic N) is 1. The van der Waals surface area contributed by atoms with E-state index in [-0.39, 0.29) is 12.7 Å². The lowest BCUT2D eigenvalue weighted by atomic mass is 9.93. The molecule has 22 heavy (non-hydrogen) atoms. The van der Waals surface area contributed by atoms with Crippen LogP contribution in [0.4, 0.5) is 0 Å². The molecule has 0 amide bonds. The number of rotatable bonds is 6. The van der Waals surface area contributed by atoms with Gasteiger partial charge in [0.25, 0.3) is 0 Å². The van der Waals surface area contributed by atoms with Crippen molar-refractivity contribution in [3.8, 4) is 5.75 Å². The van der Waals surface area contributed by atoms with Gasteiger partial charge in [0, 0.05) is 13.1 Å². The molecule has 1 aromatic rings. The number of halogens is 1. The summed E-state index contributed by atoms with van der Waals surface area (Å²) >= 11 is 6.08. The van der Waals surface area contributed by atoms with E-state index in [9.17, 15) is 10.2 Å². The smallest absolute Gasteiger partial charge is 0.138 e. The Morgan fingerprint density at radius 1 is 1.41 bits per heavy atom. The fourth-order valence-electron chi connectivity index (χ4n) is 2.91. The van der Waals surface area contributed by atoms with Gasteiger partial charge in [-0.3, -0.25) is 0 Å².